The van der Waals surface area contributed by atoms with E-state index in [-0.39, 0.29) is 6.42 Å². The van der Waals surface area contributed by atoms with Crippen molar-refractivity contribution in [3.8, 4) is 0 Å². The quantitative estimate of drug-likeness (QED) is 0.640. The third-order valence-electron chi connectivity index (χ3n) is 2.64. The number of halogens is 3. The Morgan fingerprint density at radius 1 is 1.19 bits per heavy atom. The van der Waals surface area contributed by atoms with Crippen molar-refractivity contribution in [3.05, 3.63) is 0 Å². The molecule has 0 heterocycles. The maximum absolute atomic E-state index is 12.4. The Balaban J connectivity index is 3.79. The Hall–Kier alpha value is -0.290. The summed E-state index contributed by atoms with van der Waals surface area (Å²) in [5.41, 5.74) is 0. The SMILES string of the molecule is CCCCCC[C@@H](O)C[C@H](NC)C(F)(F)F. The van der Waals surface area contributed by atoms with Crippen molar-refractivity contribution in [2.75, 3.05) is 7.05 Å². The van der Waals surface area contributed by atoms with Gasteiger partial charge in [-0.3, -0.25) is 0 Å². The fourth-order valence-corrected chi connectivity index (χ4v) is 1.61. The van der Waals surface area contributed by atoms with Crippen LogP contribution >= 0.6 is 0 Å². The molecule has 0 rings (SSSR count). The monoisotopic (exact) mass is 241 g/mol. The van der Waals surface area contributed by atoms with Crippen LogP contribution < -0.4 is 5.32 Å². The summed E-state index contributed by atoms with van der Waals surface area (Å²) in [6.07, 6.45) is -1.03. The van der Waals surface area contributed by atoms with Crippen molar-refractivity contribution in [1.29, 1.82) is 0 Å². The summed E-state index contributed by atoms with van der Waals surface area (Å²) in [5.74, 6) is 0. The molecular formula is C11H22F3NO. The third-order valence-corrected chi connectivity index (χ3v) is 2.64. The highest BCUT2D eigenvalue weighted by atomic mass is 19.4. The van der Waals surface area contributed by atoms with E-state index in [4.69, 9.17) is 0 Å². The smallest absolute Gasteiger partial charge is 0.393 e. The lowest BCUT2D eigenvalue weighted by molar-refractivity contribution is -0.161. The Kier molecular flexibility index (Phi) is 7.76. The van der Waals surface area contributed by atoms with E-state index < -0.39 is 18.3 Å². The normalized spacial score (nSPS) is 16.1. The number of aliphatic hydroxyl groups excluding tert-OH is 1. The maximum Gasteiger partial charge on any atom is 0.403 e. The molecule has 2 nitrogen and oxygen atoms in total. The van der Waals surface area contributed by atoms with E-state index in [9.17, 15) is 18.3 Å². The summed E-state index contributed by atoms with van der Waals surface area (Å²) < 4.78 is 37.1. The predicted octanol–water partition coefficient (Wildman–Crippen LogP) is 2.86. The van der Waals surface area contributed by atoms with E-state index in [0.717, 1.165) is 25.7 Å². The molecule has 0 aromatic heterocycles. The molecule has 0 saturated carbocycles. The van der Waals surface area contributed by atoms with Crippen LogP contribution in [0.3, 0.4) is 0 Å². The van der Waals surface area contributed by atoms with E-state index in [1.165, 1.54) is 7.05 Å². The molecular weight excluding hydrogens is 219 g/mol. The van der Waals surface area contributed by atoms with Gasteiger partial charge in [-0.1, -0.05) is 32.6 Å². The van der Waals surface area contributed by atoms with Gasteiger partial charge < -0.3 is 10.4 Å². The molecule has 0 unspecified atom stereocenters. The average molecular weight is 241 g/mol. The number of aliphatic hydroxyl groups is 1. The largest absolute Gasteiger partial charge is 0.403 e. The predicted molar refractivity (Wildman–Crippen MR) is 58.3 cm³/mol. The summed E-state index contributed by atoms with van der Waals surface area (Å²) in [6, 6.07) is -1.60. The lowest BCUT2D eigenvalue weighted by atomic mass is 10.0. The van der Waals surface area contributed by atoms with Crippen LogP contribution in [-0.4, -0.2) is 30.5 Å². The Morgan fingerprint density at radius 2 is 1.81 bits per heavy atom. The number of unbranched alkanes of at least 4 members (excludes halogenated alkanes) is 3. The van der Waals surface area contributed by atoms with Crippen LogP contribution in [0.4, 0.5) is 13.2 Å². The first-order chi connectivity index (χ1) is 7.41. The molecule has 0 aliphatic carbocycles. The molecule has 0 bridgehead atoms. The van der Waals surface area contributed by atoms with Crippen molar-refractivity contribution in [2.45, 2.75) is 63.8 Å². The molecule has 5 heteroatoms. The average Bonchev–Trinajstić information content (AvgIpc) is 2.19. The zero-order valence-corrected chi connectivity index (χ0v) is 9.98. The standard InChI is InChI=1S/C11H22F3NO/c1-3-4-5-6-7-9(16)8-10(15-2)11(12,13)14/h9-10,15-16H,3-8H2,1-2H3/t9-,10+/m1/s1. The first-order valence-electron chi connectivity index (χ1n) is 5.83. The Morgan fingerprint density at radius 3 is 2.25 bits per heavy atom. The van der Waals surface area contributed by atoms with Gasteiger partial charge >= 0.3 is 6.18 Å². The van der Waals surface area contributed by atoms with Gasteiger partial charge in [-0.05, 0) is 19.9 Å². The van der Waals surface area contributed by atoms with Gasteiger partial charge in [-0.15, -0.1) is 0 Å². The Labute approximate surface area is 95.2 Å². The van der Waals surface area contributed by atoms with Gasteiger partial charge in [0.15, 0.2) is 0 Å². The lowest BCUT2D eigenvalue weighted by Gasteiger charge is -2.22. The van der Waals surface area contributed by atoms with Gasteiger partial charge in [0, 0.05) is 0 Å². The molecule has 0 amide bonds. The first kappa shape index (κ1) is 15.7. The van der Waals surface area contributed by atoms with Gasteiger partial charge in [-0.2, -0.15) is 13.2 Å². The highest BCUT2D eigenvalue weighted by Crippen LogP contribution is 2.24. The summed E-state index contributed by atoms with van der Waals surface area (Å²) >= 11 is 0. The van der Waals surface area contributed by atoms with E-state index in [2.05, 4.69) is 12.2 Å². The molecule has 0 fully saturated rings. The fraction of sp³-hybridized carbons (Fsp3) is 1.00. The molecule has 16 heavy (non-hydrogen) atoms. The molecule has 2 N–H and O–H groups in total. The molecule has 2 atom stereocenters. The minimum atomic E-state index is -4.28. The second-order valence-electron chi connectivity index (χ2n) is 4.12. The van der Waals surface area contributed by atoms with Crippen molar-refractivity contribution >= 4 is 0 Å². The van der Waals surface area contributed by atoms with Crippen molar-refractivity contribution in [1.82, 2.24) is 5.32 Å². The van der Waals surface area contributed by atoms with Crippen LogP contribution in [0, 0.1) is 0 Å². The van der Waals surface area contributed by atoms with Gasteiger partial charge in [0.1, 0.15) is 6.04 Å². The third kappa shape index (κ3) is 7.06. The molecule has 0 spiro atoms. The molecule has 0 aliphatic heterocycles. The number of hydrogen-bond donors (Lipinski definition) is 2. The minimum absolute atomic E-state index is 0.258. The number of nitrogens with one attached hydrogen (secondary N) is 1. The van der Waals surface area contributed by atoms with E-state index >= 15 is 0 Å². The summed E-state index contributed by atoms with van der Waals surface area (Å²) in [5, 5.41) is 11.7. The highest BCUT2D eigenvalue weighted by molar-refractivity contribution is 4.76. The number of alkyl halides is 3. The molecule has 0 aliphatic rings. The molecule has 98 valence electrons. The van der Waals surface area contributed by atoms with Crippen molar-refractivity contribution in [3.63, 3.8) is 0 Å². The number of rotatable bonds is 8. The Bertz CT molecular complexity index is 173. The second kappa shape index (κ2) is 7.90. The van der Waals surface area contributed by atoms with E-state index in [1.54, 1.807) is 0 Å². The summed E-state index contributed by atoms with van der Waals surface area (Å²) in [6.45, 7) is 2.07. The van der Waals surface area contributed by atoms with Crippen LogP contribution in [0.2, 0.25) is 0 Å². The fourth-order valence-electron chi connectivity index (χ4n) is 1.61. The minimum Gasteiger partial charge on any atom is -0.393 e. The van der Waals surface area contributed by atoms with Gasteiger partial charge in [0.05, 0.1) is 6.10 Å². The zero-order valence-electron chi connectivity index (χ0n) is 9.98. The molecule has 0 radical (unpaired) electrons. The van der Waals surface area contributed by atoms with E-state index in [1.807, 2.05) is 0 Å². The second-order valence-corrected chi connectivity index (χ2v) is 4.12. The first-order valence-corrected chi connectivity index (χ1v) is 5.83. The van der Waals surface area contributed by atoms with Gasteiger partial charge in [0.25, 0.3) is 0 Å². The van der Waals surface area contributed by atoms with E-state index in [0.29, 0.717) is 6.42 Å². The van der Waals surface area contributed by atoms with Crippen LogP contribution in [0.15, 0.2) is 0 Å². The summed E-state index contributed by atoms with van der Waals surface area (Å²) in [4.78, 5) is 0. The van der Waals surface area contributed by atoms with Gasteiger partial charge in [-0.25, -0.2) is 0 Å². The molecule has 0 saturated heterocycles. The van der Waals surface area contributed by atoms with Crippen LogP contribution in [0.25, 0.3) is 0 Å². The van der Waals surface area contributed by atoms with Crippen LogP contribution in [-0.2, 0) is 0 Å². The lowest BCUT2D eigenvalue weighted by Crippen LogP contribution is -2.42. The zero-order chi connectivity index (χ0) is 12.6. The van der Waals surface area contributed by atoms with Gasteiger partial charge in [0.2, 0.25) is 0 Å². The molecule has 0 aromatic rings. The topological polar surface area (TPSA) is 32.3 Å². The van der Waals surface area contributed by atoms with Crippen molar-refractivity contribution in [2.24, 2.45) is 0 Å². The highest BCUT2D eigenvalue weighted by Gasteiger charge is 2.39. The molecule has 0 aromatic carbocycles. The maximum atomic E-state index is 12.4. The number of hydrogen-bond acceptors (Lipinski definition) is 2. The summed E-state index contributed by atoms with van der Waals surface area (Å²) in [7, 11) is 1.27. The van der Waals surface area contributed by atoms with Crippen molar-refractivity contribution < 1.29 is 18.3 Å². The van der Waals surface area contributed by atoms with Crippen LogP contribution in [0.1, 0.15) is 45.4 Å². The van der Waals surface area contributed by atoms with Crippen LogP contribution in [0.5, 0.6) is 0 Å².